The summed E-state index contributed by atoms with van der Waals surface area (Å²) in [7, 11) is 0. The van der Waals surface area contributed by atoms with Crippen molar-refractivity contribution < 1.29 is 18.0 Å². The normalized spacial score (nSPS) is 22.2. The van der Waals surface area contributed by atoms with Crippen LogP contribution in [0.25, 0.3) is 0 Å². The molecule has 136 valence electrons. The SMILES string of the molecule is Cc1cc(C(=O)N2C3CC2CN(c2cc(C(F)(F)F)ncn2)C3)ccn1. The van der Waals surface area contributed by atoms with Gasteiger partial charge in [0.15, 0.2) is 0 Å². The molecule has 9 heteroatoms. The molecule has 3 aliphatic rings. The number of aromatic nitrogens is 3. The zero-order valence-electron chi connectivity index (χ0n) is 13.9. The van der Waals surface area contributed by atoms with Crippen molar-refractivity contribution in [3.8, 4) is 0 Å². The number of alkyl halides is 3. The van der Waals surface area contributed by atoms with Crippen molar-refractivity contribution in [2.24, 2.45) is 0 Å². The van der Waals surface area contributed by atoms with Gasteiger partial charge >= 0.3 is 6.18 Å². The van der Waals surface area contributed by atoms with Crippen molar-refractivity contribution in [1.29, 1.82) is 0 Å². The van der Waals surface area contributed by atoms with Gasteiger partial charge in [0.1, 0.15) is 17.8 Å². The number of aryl methyl sites for hydroxylation is 1. The Kier molecular flexibility index (Phi) is 3.82. The molecule has 0 aliphatic carbocycles. The highest BCUT2D eigenvalue weighted by atomic mass is 19.4. The largest absolute Gasteiger partial charge is 0.433 e. The Balaban J connectivity index is 1.50. The van der Waals surface area contributed by atoms with Crippen LogP contribution in [0.3, 0.4) is 0 Å². The molecule has 2 aromatic rings. The summed E-state index contributed by atoms with van der Waals surface area (Å²) < 4.78 is 38.5. The van der Waals surface area contributed by atoms with Crippen LogP contribution in [-0.2, 0) is 6.18 Å². The number of rotatable bonds is 2. The second kappa shape index (κ2) is 5.93. The molecule has 1 amide bonds. The molecule has 0 spiro atoms. The molecule has 2 bridgehead atoms. The number of carbonyl (C=O) groups is 1. The van der Waals surface area contributed by atoms with Gasteiger partial charge in [-0.15, -0.1) is 0 Å². The Bertz CT molecular complexity index is 844. The van der Waals surface area contributed by atoms with E-state index < -0.39 is 11.9 Å². The van der Waals surface area contributed by atoms with Crippen molar-refractivity contribution in [3.63, 3.8) is 0 Å². The summed E-state index contributed by atoms with van der Waals surface area (Å²) in [5.74, 6) is 0.184. The summed E-state index contributed by atoms with van der Waals surface area (Å²) in [5.41, 5.74) is 0.396. The highest BCUT2D eigenvalue weighted by molar-refractivity contribution is 5.95. The van der Waals surface area contributed by atoms with E-state index in [0.717, 1.165) is 24.5 Å². The number of fused-ring (bicyclic) bond motifs is 2. The monoisotopic (exact) mass is 363 g/mol. The first-order valence-corrected chi connectivity index (χ1v) is 8.22. The Labute approximate surface area is 147 Å². The fourth-order valence-electron chi connectivity index (χ4n) is 3.63. The zero-order chi connectivity index (χ0) is 18.5. The number of halogens is 3. The van der Waals surface area contributed by atoms with Gasteiger partial charge in [0, 0.05) is 36.6 Å². The molecule has 5 rings (SSSR count). The fourth-order valence-corrected chi connectivity index (χ4v) is 3.63. The summed E-state index contributed by atoms with van der Waals surface area (Å²) in [4.78, 5) is 27.7. The fraction of sp³-hybridized carbons (Fsp3) is 0.412. The van der Waals surface area contributed by atoms with E-state index in [0.29, 0.717) is 18.7 Å². The lowest BCUT2D eigenvalue weighted by molar-refractivity contribution is -0.141. The minimum atomic E-state index is -4.50. The van der Waals surface area contributed by atoms with Crippen LogP contribution >= 0.6 is 0 Å². The molecule has 3 aliphatic heterocycles. The number of nitrogens with zero attached hydrogens (tertiary/aromatic N) is 5. The maximum absolute atomic E-state index is 12.8. The molecule has 5 heterocycles. The molecule has 0 radical (unpaired) electrons. The number of anilines is 1. The summed E-state index contributed by atoms with van der Waals surface area (Å²) in [6, 6.07) is 4.33. The van der Waals surface area contributed by atoms with Crippen LogP contribution in [0, 0.1) is 6.92 Å². The number of carbonyl (C=O) groups excluding carboxylic acids is 1. The van der Waals surface area contributed by atoms with E-state index in [1.54, 1.807) is 23.2 Å². The van der Waals surface area contributed by atoms with Crippen LogP contribution in [0.1, 0.15) is 28.2 Å². The minimum Gasteiger partial charge on any atom is -0.352 e. The van der Waals surface area contributed by atoms with Crippen molar-refractivity contribution in [2.45, 2.75) is 31.6 Å². The molecule has 2 atom stereocenters. The number of hydrogen-bond acceptors (Lipinski definition) is 5. The van der Waals surface area contributed by atoms with Crippen LogP contribution in [0.4, 0.5) is 19.0 Å². The molecule has 0 saturated carbocycles. The van der Waals surface area contributed by atoms with E-state index in [9.17, 15) is 18.0 Å². The molecule has 2 unspecified atom stereocenters. The summed E-state index contributed by atoms with van der Waals surface area (Å²) in [5, 5.41) is 0. The Morgan fingerprint density at radius 1 is 1.15 bits per heavy atom. The molecule has 26 heavy (non-hydrogen) atoms. The van der Waals surface area contributed by atoms with Gasteiger partial charge in [-0.05, 0) is 25.5 Å². The molecule has 6 nitrogen and oxygen atoms in total. The lowest BCUT2D eigenvalue weighted by atomic mass is 9.86. The standard InChI is InChI=1S/C17H16F3N5O/c1-10-4-11(2-3-21-10)16(26)25-12-5-13(25)8-24(7-12)15-6-14(17(18,19)20)22-9-23-15/h2-4,6,9,12-13H,5,7-8H2,1H3. The third kappa shape index (κ3) is 2.87. The van der Waals surface area contributed by atoms with Gasteiger partial charge < -0.3 is 9.80 Å². The predicted octanol–water partition coefficient (Wildman–Crippen LogP) is 2.30. The molecular formula is C17H16F3N5O. The summed E-state index contributed by atoms with van der Waals surface area (Å²) in [6.45, 7) is 2.74. The highest BCUT2D eigenvalue weighted by Crippen LogP contribution is 2.36. The van der Waals surface area contributed by atoms with Gasteiger partial charge in [0.05, 0.1) is 12.1 Å². The number of piperidine rings is 1. The van der Waals surface area contributed by atoms with Crippen molar-refractivity contribution >= 4 is 11.7 Å². The molecule has 3 fully saturated rings. The van der Waals surface area contributed by atoms with Crippen molar-refractivity contribution in [1.82, 2.24) is 19.9 Å². The third-order valence-corrected chi connectivity index (χ3v) is 4.84. The van der Waals surface area contributed by atoms with Gasteiger partial charge in [0.2, 0.25) is 0 Å². The van der Waals surface area contributed by atoms with Gasteiger partial charge in [-0.3, -0.25) is 9.78 Å². The minimum absolute atomic E-state index is 0.0287. The lowest BCUT2D eigenvalue weighted by Gasteiger charge is -2.56. The van der Waals surface area contributed by atoms with Crippen LogP contribution in [0.5, 0.6) is 0 Å². The van der Waals surface area contributed by atoms with E-state index in [2.05, 4.69) is 15.0 Å². The first-order chi connectivity index (χ1) is 12.3. The smallest absolute Gasteiger partial charge is 0.352 e. The quantitative estimate of drug-likeness (QED) is 0.819. The van der Waals surface area contributed by atoms with Crippen LogP contribution < -0.4 is 4.90 Å². The second-order valence-electron chi connectivity index (χ2n) is 6.61. The first-order valence-electron chi connectivity index (χ1n) is 8.22. The van der Waals surface area contributed by atoms with E-state index >= 15 is 0 Å². The van der Waals surface area contributed by atoms with Crippen molar-refractivity contribution in [2.75, 3.05) is 18.0 Å². The van der Waals surface area contributed by atoms with E-state index in [1.165, 1.54) is 0 Å². The topological polar surface area (TPSA) is 62.2 Å². The van der Waals surface area contributed by atoms with Gasteiger partial charge in [0.25, 0.3) is 5.91 Å². The molecule has 0 N–H and O–H groups in total. The number of amides is 1. The maximum atomic E-state index is 12.8. The highest BCUT2D eigenvalue weighted by Gasteiger charge is 2.48. The van der Waals surface area contributed by atoms with Crippen molar-refractivity contribution in [3.05, 3.63) is 47.7 Å². The van der Waals surface area contributed by atoms with E-state index in [-0.39, 0.29) is 23.8 Å². The molecule has 0 aromatic carbocycles. The molecule has 2 aromatic heterocycles. The second-order valence-corrected chi connectivity index (χ2v) is 6.61. The average Bonchev–Trinajstić information content (AvgIpc) is 2.61. The average molecular weight is 363 g/mol. The van der Waals surface area contributed by atoms with Crippen LogP contribution in [-0.4, -0.2) is 50.9 Å². The molecular weight excluding hydrogens is 347 g/mol. The number of hydrogen-bond donors (Lipinski definition) is 0. The summed E-state index contributed by atoms with van der Waals surface area (Å²) >= 11 is 0. The summed E-state index contributed by atoms with van der Waals surface area (Å²) in [6.07, 6.45) is -1.12. The van der Waals surface area contributed by atoms with Gasteiger partial charge in [-0.2, -0.15) is 13.2 Å². The Morgan fingerprint density at radius 3 is 2.54 bits per heavy atom. The van der Waals surface area contributed by atoms with Crippen LogP contribution in [0.2, 0.25) is 0 Å². The third-order valence-electron chi connectivity index (χ3n) is 4.84. The Morgan fingerprint density at radius 2 is 1.88 bits per heavy atom. The lowest BCUT2D eigenvalue weighted by Crippen LogP contribution is -2.70. The first kappa shape index (κ1) is 16.7. The maximum Gasteiger partial charge on any atom is 0.433 e. The van der Waals surface area contributed by atoms with Crippen LogP contribution in [0.15, 0.2) is 30.7 Å². The van der Waals surface area contributed by atoms with E-state index in [1.807, 2.05) is 11.8 Å². The Hall–Kier alpha value is -2.71. The van der Waals surface area contributed by atoms with Gasteiger partial charge in [-0.1, -0.05) is 0 Å². The zero-order valence-corrected chi connectivity index (χ0v) is 13.9. The van der Waals surface area contributed by atoms with Gasteiger partial charge in [-0.25, -0.2) is 9.97 Å². The van der Waals surface area contributed by atoms with E-state index in [4.69, 9.17) is 0 Å². The molecule has 3 saturated heterocycles. The number of piperazine rings is 1. The predicted molar refractivity (Wildman–Crippen MR) is 86.6 cm³/mol. The number of pyridine rings is 1.